The minimum Gasteiger partial charge on any atom is -1.00 e. The number of phenols is 1. The number of benzene rings is 1. The number of hydrogen-bond acceptors (Lipinski definition) is 3. The molecule has 0 saturated heterocycles. The van der Waals surface area contributed by atoms with E-state index in [9.17, 15) is 9.90 Å². The smallest absolute Gasteiger partial charge is 1.00 e. The predicted octanol–water partition coefficient (Wildman–Crippen LogP) is 1.32. The molecule has 0 spiro atoms. The van der Waals surface area contributed by atoms with Crippen molar-refractivity contribution in [2.45, 2.75) is 64.8 Å². The van der Waals surface area contributed by atoms with Crippen molar-refractivity contribution in [3.63, 3.8) is 0 Å². The van der Waals surface area contributed by atoms with E-state index in [1.165, 1.54) is 50.5 Å². The predicted molar refractivity (Wildman–Crippen MR) is 94.9 cm³/mol. The standard InChI is InChI=1S/C19H31NO3.K.H/c1-3-4-5-6-7-8-9-10-16-11-12-18(21)17(13-16)14-20(2)15-19(22)23;;/h11-13,21H,3-10,14-15H2,1-2H3,(H,22,23);;/q;+1;-1. The first-order valence-electron chi connectivity index (χ1n) is 8.74. The maximum absolute atomic E-state index is 10.7. The van der Waals surface area contributed by atoms with E-state index >= 15 is 0 Å². The monoisotopic (exact) mass is 361 g/mol. The minimum atomic E-state index is -0.855. The molecular weight excluding hydrogens is 329 g/mol. The van der Waals surface area contributed by atoms with Crippen molar-refractivity contribution in [1.29, 1.82) is 0 Å². The van der Waals surface area contributed by atoms with Gasteiger partial charge in [0.2, 0.25) is 0 Å². The average molecular weight is 362 g/mol. The number of likely N-dealkylation sites (N-methyl/N-ethyl adjacent to an activating group) is 1. The number of unbranched alkanes of at least 4 members (excludes halogenated alkanes) is 6. The molecule has 0 atom stereocenters. The molecule has 5 heteroatoms. The van der Waals surface area contributed by atoms with Crippen LogP contribution < -0.4 is 51.4 Å². The molecule has 0 saturated carbocycles. The zero-order valence-electron chi connectivity index (χ0n) is 16.6. The van der Waals surface area contributed by atoms with Crippen molar-refractivity contribution in [2.24, 2.45) is 0 Å². The zero-order valence-corrected chi connectivity index (χ0v) is 18.7. The maximum Gasteiger partial charge on any atom is 1.00 e. The molecule has 0 amide bonds. The number of rotatable bonds is 12. The molecule has 0 aliphatic carbocycles. The summed E-state index contributed by atoms with van der Waals surface area (Å²) in [4.78, 5) is 12.4. The van der Waals surface area contributed by atoms with E-state index in [-0.39, 0.29) is 65.1 Å². The number of aromatic hydroxyl groups is 1. The van der Waals surface area contributed by atoms with Gasteiger partial charge in [-0.25, -0.2) is 0 Å². The van der Waals surface area contributed by atoms with Crippen LogP contribution in [0.1, 0.15) is 64.4 Å². The summed E-state index contributed by atoms with van der Waals surface area (Å²) in [6, 6.07) is 5.69. The Kier molecular flexibility index (Phi) is 14.3. The summed E-state index contributed by atoms with van der Waals surface area (Å²) in [6.07, 6.45) is 10.0. The molecule has 1 rings (SSSR count). The van der Waals surface area contributed by atoms with E-state index in [0.29, 0.717) is 6.54 Å². The van der Waals surface area contributed by atoms with Gasteiger partial charge >= 0.3 is 57.4 Å². The fourth-order valence-corrected chi connectivity index (χ4v) is 2.78. The van der Waals surface area contributed by atoms with Gasteiger partial charge in [-0.05, 0) is 31.5 Å². The van der Waals surface area contributed by atoms with E-state index < -0.39 is 5.97 Å². The van der Waals surface area contributed by atoms with Gasteiger partial charge < -0.3 is 11.6 Å². The van der Waals surface area contributed by atoms with Gasteiger partial charge in [-0.2, -0.15) is 0 Å². The van der Waals surface area contributed by atoms with E-state index in [1.807, 2.05) is 12.1 Å². The van der Waals surface area contributed by atoms with Crippen molar-refractivity contribution in [1.82, 2.24) is 4.90 Å². The molecule has 0 aliphatic heterocycles. The Morgan fingerprint density at radius 3 is 2.38 bits per heavy atom. The molecule has 4 nitrogen and oxygen atoms in total. The van der Waals surface area contributed by atoms with Crippen LogP contribution in [0, 0.1) is 0 Å². The molecule has 0 fully saturated rings. The van der Waals surface area contributed by atoms with Crippen molar-refractivity contribution >= 4 is 5.97 Å². The van der Waals surface area contributed by atoms with Gasteiger partial charge in [-0.1, -0.05) is 57.6 Å². The Labute approximate surface area is 190 Å². The number of carboxylic acid groups (broad SMARTS) is 1. The number of carbonyl (C=O) groups is 1. The molecule has 0 heterocycles. The molecule has 1 aromatic carbocycles. The fourth-order valence-electron chi connectivity index (χ4n) is 2.78. The van der Waals surface area contributed by atoms with Gasteiger partial charge in [0.15, 0.2) is 0 Å². The van der Waals surface area contributed by atoms with Crippen LogP contribution in [-0.4, -0.2) is 34.7 Å². The summed E-state index contributed by atoms with van der Waals surface area (Å²) in [6.45, 7) is 2.65. The van der Waals surface area contributed by atoms with E-state index in [1.54, 1.807) is 18.0 Å². The van der Waals surface area contributed by atoms with Crippen LogP contribution in [-0.2, 0) is 17.8 Å². The summed E-state index contributed by atoms with van der Waals surface area (Å²) in [5.74, 6) is -0.614. The summed E-state index contributed by atoms with van der Waals surface area (Å²) in [5, 5.41) is 18.7. The largest absolute Gasteiger partial charge is 1.00 e. The number of carboxylic acids is 1. The maximum atomic E-state index is 10.7. The minimum absolute atomic E-state index is 0. The van der Waals surface area contributed by atoms with Gasteiger partial charge in [0.25, 0.3) is 0 Å². The van der Waals surface area contributed by atoms with Crippen LogP contribution in [0.15, 0.2) is 18.2 Å². The third-order valence-electron chi connectivity index (χ3n) is 4.06. The van der Waals surface area contributed by atoms with Crippen LogP contribution in [0.2, 0.25) is 0 Å². The molecular formula is C19H32KNO3. The van der Waals surface area contributed by atoms with Crippen LogP contribution >= 0.6 is 0 Å². The second kappa shape index (κ2) is 14.3. The van der Waals surface area contributed by atoms with Crippen LogP contribution in [0.25, 0.3) is 0 Å². The first-order valence-corrected chi connectivity index (χ1v) is 8.74. The molecule has 0 aliphatic rings. The van der Waals surface area contributed by atoms with E-state index in [4.69, 9.17) is 5.11 Å². The topological polar surface area (TPSA) is 60.8 Å². The van der Waals surface area contributed by atoms with Crippen molar-refractivity contribution in [3.05, 3.63) is 29.3 Å². The quantitative estimate of drug-likeness (QED) is 0.435. The molecule has 0 radical (unpaired) electrons. The molecule has 0 bridgehead atoms. The van der Waals surface area contributed by atoms with Crippen molar-refractivity contribution in [3.8, 4) is 5.75 Å². The third kappa shape index (κ3) is 10.8. The van der Waals surface area contributed by atoms with Crippen molar-refractivity contribution in [2.75, 3.05) is 13.6 Å². The fraction of sp³-hybridized carbons (Fsp3) is 0.632. The Bertz CT molecular complexity index is 486. The van der Waals surface area contributed by atoms with Crippen LogP contribution in [0.4, 0.5) is 0 Å². The molecule has 0 aromatic heterocycles. The molecule has 132 valence electrons. The summed E-state index contributed by atoms with van der Waals surface area (Å²) < 4.78 is 0. The number of nitrogens with zero attached hydrogens (tertiary/aromatic N) is 1. The zero-order chi connectivity index (χ0) is 17.1. The van der Waals surface area contributed by atoms with Gasteiger partial charge in [0.05, 0.1) is 6.54 Å². The Morgan fingerprint density at radius 1 is 1.12 bits per heavy atom. The van der Waals surface area contributed by atoms with Gasteiger partial charge in [-0.15, -0.1) is 0 Å². The average Bonchev–Trinajstić information content (AvgIpc) is 2.48. The normalized spacial score (nSPS) is 10.6. The first-order chi connectivity index (χ1) is 11.0. The van der Waals surface area contributed by atoms with Crippen LogP contribution in [0.3, 0.4) is 0 Å². The Hall–Kier alpha value is 0.0864. The summed E-state index contributed by atoms with van der Waals surface area (Å²) in [5.41, 5.74) is 2.02. The van der Waals surface area contributed by atoms with E-state index in [2.05, 4.69) is 6.92 Å². The molecule has 1 aromatic rings. The van der Waals surface area contributed by atoms with Crippen LogP contribution in [0.5, 0.6) is 5.75 Å². The summed E-state index contributed by atoms with van der Waals surface area (Å²) >= 11 is 0. The summed E-state index contributed by atoms with van der Waals surface area (Å²) in [7, 11) is 1.75. The second-order valence-electron chi connectivity index (χ2n) is 6.40. The first kappa shape index (κ1) is 24.1. The third-order valence-corrected chi connectivity index (χ3v) is 4.06. The molecule has 24 heavy (non-hydrogen) atoms. The Balaban J connectivity index is 0. The number of aliphatic carboxylic acids is 1. The number of phenolic OH excluding ortho intramolecular Hbond substituents is 1. The van der Waals surface area contributed by atoms with Crippen molar-refractivity contribution < 1.29 is 67.8 Å². The SMILES string of the molecule is CCCCCCCCCc1ccc(O)c(CN(C)CC(=O)O)c1.[H-].[K+]. The second-order valence-corrected chi connectivity index (χ2v) is 6.40. The van der Waals surface area contributed by atoms with E-state index in [0.717, 1.165) is 12.0 Å². The molecule has 0 unspecified atom stereocenters. The van der Waals surface area contributed by atoms with Gasteiger partial charge in [0.1, 0.15) is 5.75 Å². The van der Waals surface area contributed by atoms with Gasteiger partial charge in [0, 0.05) is 12.1 Å². The molecule has 2 N–H and O–H groups in total. The number of hydrogen-bond donors (Lipinski definition) is 2. The number of aryl methyl sites for hydroxylation is 1. The Morgan fingerprint density at radius 2 is 1.75 bits per heavy atom. The van der Waals surface area contributed by atoms with Gasteiger partial charge in [-0.3, -0.25) is 9.69 Å².